The van der Waals surface area contributed by atoms with Gasteiger partial charge in [-0.2, -0.15) is 0 Å². The molecule has 1 aliphatic heterocycles. The van der Waals surface area contributed by atoms with Gasteiger partial charge in [0.2, 0.25) is 5.91 Å². The fraction of sp³-hybridized carbons (Fsp3) is 0.733. The number of hydrogen-bond donors (Lipinski definition) is 0. The standard InChI is InChI=1S/C15H24N4O/c1-17-8-6-16-14(17)5-7-18-9-11-19(12-10-18)15(20)13-3-2-4-13/h6,8,13H,2-5,7,9-12H2,1H3. The summed E-state index contributed by atoms with van der Waals surface area (Å²) in [5.74, 6) is 1.88. The lowest BCUT2D eigenvalue weighted by atomic mass is 9.84. The molecule has 2 heterocycles. The highest BCUT2D eigenvalue weighted by Gasteiger charge is 2.30. The third-order valence-corrected chi connectivity index (χ3v) is 4.71. The van der Waals surface area contributed by atoms with Crippen molar-refractivity contribution < 1.29 is 4.79 Å². The van der Waals surface area contributed by atoms with Crippen LogP contribution >= 0.6 is 0 Å². The monoisotopic (exact) mass is 276 g/mol. The second-order valence-corrected chi connectivity index (χ2v) is 6.00. The summed E-state index contributed by atoms with van der Waals surface area (Å²) in [6.45, 7) is 4.84. The zero-order valence-corrected chi connectivity index (χ0v) is 12.3. The number of carbonyl (C=O) groups excluding carboxylic acids is 1. The van der Waals surface area contributed by atoms with Crippen LogP contribution in [0.1, 0.15) is 25.1 Å². The van der Waals surface area contributed by atoms with Gasteiger partial charge in [-0.1, -0.05) is 6.42 Å². The van der Waals surface area contributed by atoms with Crippen LogP contribution in [-0.4, -0.2) is 58.0 Å². The Morgan fingerprint density at radius 3 is 2.60 bits per heavy atom. The van der Waals surface area contributed by atoms with Gasteiger partial charge in [-0.25, -0.2) is 4.98 Å². The first-order chi connectivity index (χ1) is 9.74. The summed E-state index contributed by atoms with van der Waals surface area (Å²) in [5.41, 5.74) is 0. The molecule has 1 saturated carbocycles. The molecule has 3 rings (SSSR count). The minimum atomic E-state index is 0.342. The van der Waals surface area contributed by atoms with Crippen LogP contribution in [0.15, 0.2) is 12.4 Å². The third kappa shape index (κ3) is 2.87. The van der Waals surface area contributed by atoms with Crippen LogP contribution in [0.2, 0.25) is 0 Å². The van der Waals surface area contributed by atoms with Gasteiger partial charge in [-0.05, 0) is 12.8 Å². The first-order valence-corrected chi connectivity index (χ1v) is 7.71. The Bertz CT molecular complexity index is 458. The zero-order valence-electron chi connectivity index (χ0n) is 12.3. The number of imidazole rings is 1. The molecule has 1 saturated heterocycles. The highest BCUT2D eigenvalue weighted by atomic mass is 16.2. The maximum Gasteiger partial charge on any atom is 0.225 e. The summed E-state index contributed by atoms with van der Waals surface area (Å²) in [6, 6.07) is 0. The molecule has 1 aromatic heterocycles. The fourth-order valence-electron chi connectivity index (χ4n) is 3.00. The van der Waals surface area contributed by atoms with E-state index in [0.29, 0.717) is 11.8 Å². The number of amides is 1. The summed E-state index contributed by atoms with van der Waals surface area (Å²) in [6.07, 6.45) is 8.28. The largest absolute Gasteiger partial charge is 0.340 e. The lowest BCUT2D eigenvalue weighted by Crippen LogP contribution is -2.51. The molecule has 1 aliphatic carbocycles. The van der Waals surface area contributed by atoms with E-state index in [4.69, 9.17) is 0 Å². The second kappa shape index (κ2) is 5.95. The van der Waals surface area contributed by atoms with Crippen LogP contribution in [0.4, 0.5) is 0 Å². The zero-order chi connectivity index (χ0) is 13.9. The van der Waals surface area contributed by atoms with E-state index in [1.807, 2.05) is 19.4 Å². The molecule has 20 heavy (non-hydrogen) atoms. The number of nitrogens with zero attached hydrogens (tertiary/aromatic N) is 4. The minimum Gasteiger partial charge on any atom is -0.340 e. The Balaban J connectivity index is 1.42. The molecule has 1 amide bonds. The lowest BCUT2D eigenvalue weighted by molar-refractivity contribution is -0.139. The predicted molar refractivity (Wildman–Crippen MR) is 77.3 cm³/mol. The molecule has 0 N–H and O–H groups in total. The van der Waals surface area contributed by atoms with Gasteiger partial charge in [0, 0.05) is 64.5 Å². The molecular formula is C15H24N4O. The number of carbonyl (C=O) groups is 1. The predicted octanol–water partition coefficient (Wildman–Crippen LogP) is 0.907. The maximum atomic E-state index is 12.2. The van der Waals surface area contributed by atoms with E-state index in [2.05, 4.69) is 19.4 Å². The van der Waals surface area contributed by atoms with E-state index in [9.17, 15) is 4.79 Å². The SMILES string of the molecule is Cn1ccnc1CCN1CCN(C(=O)C2CCC2)CC1. The van der Waals surface area contributed by atoms with Crippen molar-refractivity contribution in [1.29, 1.82) is 0 Å². The van der Waals surface area contributed by atoms with E-state index >= 15 is 0 Å². The van der Waals surface area contributed by atoms with Crippen molar-refractivity contribution >= 4 is 5.91 Å². The van der Waals surface area contributed by atoms with Crippen molar-refractivity contribution in [3.63, 3.8) is 0 Å². The van der Waals surface area contributed by atoms with Crippen molar-refractivity contribution in [2.45, 2.75) is 25.7 Å². The quantitative estimate of drug-likeness (QED) is 0.821. The van der Waals surface area contributed by atoms with Crippen LogP contribution in [0, 0.1) is 5.92 Å². The van der Waals surface area contributed by atoms with Crippen LogP contribution in [0.25, 0.3) is 0 Å². The average Bonchev–Trinajstić information content (AvgIpc) is 2.80. The molecule has 1 aromatic rings. The third-order valence-electron chi connectivity index (χ3n) is 4.71. The van der Waals surface area contributed by atoms with E-state index in [0.717, 1.165) is 57.8 Å². The second-order valence-electron chi connectivity index (χ2n) is 6.00. The van der Waals surface area contributed by atoms with Crippen LogP contribution < -0.4 is 0 Å². The molecule has 5 nitrogen and oxygen atoms in total. The van der Waals surface area contributed by atoms with Gasteiger partial charge in [0.1, 0.15) is 5.82 Å². The highest BCUT2D eigenvalue weighted by molar-refractivity contribution is 5.79. The van der Waals surface area contributed by atoms with Crippen molar-refractivity contribution in [2.24, 2.45) is 13.0 Å². The molecule has 0 atom stereocenters. The average molecular weight is 276 g/mol. The number of hydrogen-bond acceptors (Lipinski definition) is 3. The molecule has 0 spiro atoms. The summed E-state index contributed by atoms with van der Waals surface area (Å²) < 4.78 is 2.08. The van der Waals surface area contributed by atoms with Gasteiger partial charge in [-0.15, -0.1) is 0 Å². The maximum absolute atomic E-state index is 12.2. The number of rotatable bonds is 4. The molecule has 5 heteroatoms. The Morgan fingerprint density at radius 2 is 2.05 bits per heavy atom. The summed E-state index contributed by atoms with van der Waals surface area (Å²) in [7, 11) is 2.04. The van der Waals surface area contributed by atoms with Crippen molar-refractivity contribution in [3.05, 3.63) is 18.2 Å². The van der Waals surface area contributed by atoms with Gasteiger partial charge in [0.25, 0.3) is 0 Å². The van der Waals surface area contributed by atoms with Gasteiger partial charge < -0.3 is 9.47 Å². The first kappa shape index (κ1) is 13.6. The first-order valence-electron chi connectivity index (χ1n) is 7.71. The molecule has 2 fully saturated rings. The lowest BCUT2D eigenvalue weighted by Gasteiger charge is -2.38. The summed E-state index contributed by atoms with van der Waals surface area (Å²) in [4.78, 5) is 21.0. The van der Waals surface area contributed by atoms with Gasteiger partial charge >= 0.3 is 0 Å². The fourth-order valence-corrected chi connectivity index (χ4v) is 3.00. The number of aryl methyl sites for hydroxylation is 1. The molecule has 0 radical (unpaired) electrons. The van der Waals surface area contributed by atoms with Crippen molar-refractivity contribution in [3.8, 4) is 0 Å². The Labute approximate surface area is 120 Å². The van der Waals surface area contributed by atoms with E-state index < -0.39 is 0 Å². The molecule has 2 aliphatic rings. The minimum absolute atomic E-state index is 0.342. The molecule has 0 unspecified atom stereocenters. The summed E-state index contributed by atoms with van der Waals surface area (Å²) >= 11 is 0. The van der Waals surface area contributed by atoms with Crippen LogP contribution in [0.5, 0.6) is 0 Å². The van der Waals surface area contributed by atoms with Crippen molar-refractivity contribution in [1.82, 2.24) is 19.4 Å². The van der Waals surface area contributed by atoms with Crippen LogP contribution in [0.3, 0.4) is 0 Å². The van der Waals surface area contributed by atoms with Crippen LogP contribution in [-0.2, 0) is 18.3 Å². The smallest absolute Gasteiger partial charge is 0.225 e. The van der Waals surface area contributed by atoms with Gasteiger partial charge in [0.15, 0.2) is 0 Å². The molecular weight excluding hydrogens is 252 g/mol. The molecule has 110 valence electrons. The van der Waals surface area contributed by atoms with Gasteiger partial charge in [-0.3, -0.25) is 9.69 Å². The normalized spacial score (nSPS) is 20.9. The van der Waals surface area contributed by atoms with E-state index in [1.54, 1.807) is 0 Å². The van der Waals surface area contributed by atoms with E-state index in [-0.39, 0.29) is 0 Å². The Morgan fingerprint density at radius 1 is 1.30 bits per heavy atom. The summed E-state index contributed by atoms with van der Waals surface area (Å²) in [5, 5.41) is 0. The Hall–Kier alpha value is -1.36. The number of aromatic nitrogens is 2. The van der Waals surface area contributed by atoms with E-state index in [1.165, 1.54) is 6.42 Å². The molecule has 0 aromatic carbocycles. The van der Waals surface area contributed by atoms with Gasteiger partial charge in [0.05, 0.1) is 0 Å². The Kier molecular flexibility index (Phi) is 4.05. The topological polar surface area (TPSA) is 41.4 Å². The van der Waals surface area contributed by atoms with Crippen molar-refractivity contribution in [2.75, 3.05) is 32.7 Å². The number of piperazine rings is 1. The molecule has 0 bridgehead atoms. The highest BCUT2D eigenvalue weighted by Crippen LogP contribution is 2.28.